The highest BCUT2D eigenvalue weighted by Crippen LogP contribution is 2.29. The quantitative estimate of drug-likeness (QED) is 0.493. The maximum Gasteiger partial charge on any atom is 0.294 e. The van der Waals surface area contributed by atoms with E-state index < -0.39 is 6.42 Å². The third-order valence-corrected chi connectivity index (χ3v) is 5.17. The summed E-state index contributed by atoms with van der Waals surface area (Å²) in [5.74, 6) is 0. The molecule has 0 bridgehead atoms. The second-order valence-corrected chi connectivity index (χ2v) is 6.48. The van der Waals surface area contributed by atoms with Crippen LogP contribution in [0.15, 0.2) is 24.2 Å². The lowest BCUT2D eigenvalue weighted by atomic mass is 9.38. The van der Waals surface area contributed by atoms with Crippen LogP contribution in [0.25, 0.3) is 0 Å². The normalized spacial score (nSPS) is 16.9. The zero-order valence-electron chi connectivity index (χ0n) is 11.8. The summed E-state index contributed by atoms with van der Waals surface area (Å²) < 4.78 is 2.43. The van der Waals surface area contributed by atoms with Crippen molar-refractivity contribution in [1.29, 1.82) is 0 Å². The topological polar surface area (TPSA) is 19.1 Å². The number of nitrogens with zero attached hydrogens (tertiary/aromatic N) is 2. The highest BCUT2D eigenvalue weighted by Gasteiger charge is 2.44. The first-order chi connectivity index (χ1) is 9.19. The van der Waals surface area contributed by atoms with Gasteiger partial charge in [-0.05, 0) is 12.2 Å². The molecule has 0 radical (unpaired) electrons. The molecule has 1 aromatic heterocycles. The number of hydrogen-bond donors (Lipinski definition) is 1. The molecule has 2 rings (SSSR count). The fraction of sp³-hybridized carbons (Fsp3) is 0.538. The van der Waals surface area contributed by atoms with Gasteiger partial charge in [0.1, 0.15) is 0 Å². The summed E-state index contributed by atoms with van der Waals surface area (Å²) in [4.78, 5) is 2.36. The van der Waals surface area contributed by atoms with E-state index in [0.29, 0.717) is 0 Å². The molecule has 0 spiro atoms. The molecule has 19 heavy (non-hydrogen) atoms. The zero-order chi connectivity index (χ0) is 13.9. The second-order valence-electron chi connectivity index (χ2n) is 5.20. The minimum absolute atomic E-state index is 0.814. The van der Waals surface area contributed by atoms with Crippen LogP contribution in [-0.2, 0) is 0 Å². The third-order valence-electron chi connectivity index (χ3n) is 4.04. The van der Waals surface area contributed by atoms with Gasteiger partial charge in [0.05, 0.1) is 6.20 Å². The summed E-state index contributed by atoms with van der Waals surface area (Å²) in [5.41, 5.74) is 0. The molecule has 0 saturated heterocycles. The van der Waals surface area contributed by atoms with Crippen LogP contribution in [0.5, 0.6) is 0 Å². The van der Waals surface area contributed by atoms with E-state index in [4.69, 9.17) is 12.2 Å². The maximum atomic E-state index is 5.59. The number of nitrogens with one attached hydrogen (secondary N) is 1. The van der Waals surface area contributed by atoms with Gasteiger partial charge < -0.3 is 9.29 Å². The number of fused-ring (bicyclic) bond motifs is 1. The summed E-state index contributed by atoms with van der Waals surface area (Å²) in [6.45, 7) is 9.21. The van der Waals surface area contributed by atoms with E-state index in [-0.39, 0.29) is 0 Å². The maximum absolute atomic E-state index is 5.59. The van der Waals surface area contributed by atoms with Gasteiger partial charge in [0.15, 0.2) is 0 Å². The fourth-order valence-electron chi connectivity index (χ4n) is 3.37. The number of thiazole rings is 1. The molecule has 1 aliphatic heterocycles. The third kappa shape index (κ3) is 2.43. The van der Waals surface area contributed by atoms with Crippen LogP contribution in [0.2, 0.25) is 12.6 Å². The molecule has 0 aliphatic carbocycles. The molecule has 0 aromatic carbocycles. The van der Waals surface area contributed by atoms with Crippen LogP contribution in [0.3, 0.4) is 0 Å². The van der Waals surface area contributed by atoms with Crippen LogP contribution < -0.4 is 9.79 Å². The predicted molar refractivity (Wildman–Crippen MR) is 89.0 cm³/mol. The van der Waals surface area contributed by atoms with Crippen molar-refractivity contribution in [3.63, 3.8) is 0 Å². The van der Waals surface area contributed by atoms with E-state index in [1.165, 1.54) is 18.0 Å². The largest absolute Gasteiger partial charge is 0.460 e. The first-order valence-corrected chi connectivity index (χ1v) is 8.35. The Hall–Kier alpha value is -0.875. The standard InChI is InChI=1S/C13H22BN3S2/c1-4-7-14(8-5-2)16(9-6-3)12(18)15-13-17(14)10-11-19-13/h6,10-11H,3-5,7-9H2,1-2H3,(H,15,18). The Kier molecular flexibility index (Phi) is 4.63. The molecule has 3 nitrogen and oxygen atoms in total. The van der Waals surface area contributed by atoms with Crippen LogP contribution in [0.4, 0.5) is 5.13 Å². The van der Waals surface area contributed by atoms with Gasteiger partial charge in [0.25, 0.3) is 11.5 Å². The summed E-state index contributed by atoms with van der Waals surface area (Å²) in [6.07, 6.45) is 8.00. The van der Waals surface area contributed by atoms with Gasteiger partial charge in [0.2, 0.25) is 5.11 Å². The van der Waals surface area contributed by atoms with Crippen molar-refractivity contribution in [3.8, 4) is 0 Å². The van der Waals surface area contributed by atoms with E-state index in [9.17, 15) is 0 Å². The van der Waals surface area contributed by atoms with Gasteiger partial charge in [-0.2, -0.15) is 0 Å². The van der Waals surface area contributed by atoms with Gasteiger partial charge in [0, 0.05) is 11.9 Å². The number of thiocarbonyl (C=S) groups is 1. The number of rotatable bonds is 6. The van der Waals surface area contributed by atoms with Crippen molar-refractivity contribution < 1.29 is 4.48 Å². The Morgan fingerprint density at radius 3 is 2.74 bits per heavy atom. The first kappa shape index (κ1) is 14.5. The summed E-state index contributed by atoms with van der Waals surface area (Å²) >= 11 is 7.32. The van der Waals surface area contributed by atoms with Crippen molar-refractivity contribution >= 4 is 40.2 Å². The van der Waals surface area contributed by atoms with Crippen molar-refractivity contribution in [2.45, 2.75) is 39.3 Å². The Labute approximate surface area is 125 Å². The molecule has 0 fully saturated rings. The molecule has 0 amide bonds. The molecule has 104 valence electrons. The van der Waals surface area contributed by atoms with Gasteiger partial charge in [-0.1, -0.05) is 44.1 Å². The van der Waals surface area contributed by atoms with Gasteiger partial charge >= 0.3 is 0 Å². The molecule has 0 atom stereocenters. The Morgan fingerprint density at radius 1 is 1.47 bits per heavy atom. The van der Waals surface area contributed by atoms with Crippen LogP contribution in [0, 0.1) is 0 Å². The molecule has 0 unspecified atom stereocenters. The molecule has 1 aromatic rings. The predicted octanol–water partition coefficient (Wildman–Crippen LogP) is 3.34. The van der Waals surface area contributed by atoms with E-state index in [1.54, 1.807) is 11.3 Å². The van der Waals surface area contributed by atoms with Gasteiger partial charge in [-0.15, -0.1) is 19.2 Å². The first-order valence-electron chi connectivity index (χ1n) is 7.06. The lowest BCUT2D eigenvalue weighted by Crippen LogP contribution is -2.78. The van der Waals surface area contributed by atoms with Crippen LogP contribution in [-0.4, -0.2) is 22.9 Å². The summed E-state index contributed by atoms with van der Waals surface area (Å²) in [5, 5.41) is 7.52. The molecule has 2 heterocycles. The molecule has 0 saturated carbocycles. The Balaban J connectivity index is 2.53. The smallest absolute Gasteiger partial charge is 0.294 e. The highest BCUT2D eigenvalue weighted by atomic mass is 32.1. The minimum Gasteiger partial charge on any atom is -0.460 e. The molecule has 6 heteroatoms. The Bertz CT molecular complexity index is 466. The number of anilines is 1. The average Bonchev–Trinajstić information content (AvgIpc) is 2.83. The van der Waals surface area contributed by atoms with Crippen molar-refractivity contribution in [3.05, 3.63) is 24.2 Å². The van der Waals surface area contributed by atoms with Crippen LogP contribution in [0.1, 0.15) is 26.7 Å². The molecule has 1 aliphatic rings. The average molecular weight is 295 g/mol. The van der Waals surface area contributed by atoms with E-state index in [0.717, 1.165) is 24.3 Å². The molecular formula is C13H22BN3S2. The van der Waals surface area contributed by atoms with E-state index in [1.807, 2.05) is 6.08 Å². The number of aromatic nitrogens is 1. The summed E-state index contributed by atoms with van der Waals surface area (Å²) in [7, 11) is 0. The molecule has 1 N–H and O–H groups in total. The minimum atomic E-state index is -0.818. The van der Waals surface area contributed by atoms with Crippen molar-refractivity contribution in [1.82, 2.24) is 4.81 Å². The lowest BCUT2D eigenvalue weighted by Gasteiger charge is -2.50. The van der Waals surface area contributed by atoms with E-state index in [2.05, 4.69) is 46.6 Å². The second kappa shape index (κ2) is 6.05. The highest BCUT2D eigenvalue weighted by molar-refractivity contribution is 7.80. The van der Waals surface area contributed by atoms with Crippen molar-refractivity contribution in [2.24, 2.45) is 0 Å². The van der Waals surface area contributed by atoms with Gasteiger partial charge in [-0.25, -0.2) is 5.32 Å². The van der Waals surface area contributed by atoms with Crippen LogP contribution >= 0.6 is 23.6 Å². The monoisotopic (exact) mass is 295 g/mol. The Morgan fingerprint density at radius 2 is 2.16 bits per heavy atom. The molecular weight excluding hydrogens is 273 g/mol. The zero-order valence-corrected chi connectivity index (χ0v) is 13.4. The fourth-order valence-corrected chi connectivity index (χ4v) is 4.66. The number of hydrogen-bond acceptors (Lipinski definition) is 2. The summed E-state index contributed by atoms with van der Waals surface area (Å²) in [6, 6.07) is 0. The van der Waals surface area contributed by atoms with E-state index >= 15 is 0 Å². The SMILES string of the molecule is C=CCN1C(=S)Nc2scc[n+]2[B-]1(CCC)CCC. The van der Waals surface area contributed by atoms with Crippen molar-refractivity contribution in [2.75, 3.05) is 11.9 Å². The lowest BCUT2D eigenvalue weighted by molar-refractivity contribution is -0.536. The van der Waals surface area contributed by atoms with Gasteiger partial charge in [-0.3, -0.25) is 0 Å².